The van der Waals surface area contributed by atoms with E-state index in [-0.39, 0.29) is 12.4 Å². The Morgan fingerprint density at radius 1 is 1.12 bits per heavy atom. The van der Waals surface area contributed by atoms with E-state index in [1.807, 2.05) is 12.1 Å². The molecule has 7 heteroatoms. The van der Waals surface area contributed by atoms with Gasteiger partial charge < -0.3 is 24.3 Å². The summed E-state index contributed by atoms with van der Waals surface area (Å²) in [5.74, 6) is 0.635. The smallest absolute Gasteiger partial charge is 0.342 e. The molecule has 1 atom stereocenters. The maximum absolute atomic E-state index is 13.1. The number of nitrogens with one attached hydrogen (secondary N) is 1. The van der Waals surface area contributed by atoms with Crippen LogP contribution in [0.2, 0.25) is 0 Å². The minimum absolute atomic E-state index is 0.227. The van der Waals surface area contributed by atoms with Crippen molar-refractivity contribution in [2.75, 3.05) is 18.5 Å². The molecule has 2 heterocycles. The largest absolute Gasteiger partial charge is 0.462 e. The van der Waals surface area contributed by atoms with Gasteiger partial charge in [-0.25, -0.2) is 9.18 Å². The third-order valence-corrected chi connectivity index (χ3v) is 5.83. The zero-order chi connectivity index (χ0) is 23.7. The molecule has 4 aromatic rings. The van der Waals surface area contributed by atoms with Crippen LogP contribution >= 0.6 is 0 Å². The van der Waals surface area contributed by atoms with Crippen molar-refractivity contribution in [3.05, 3.63) is 77.6 Å². The standard InChI is InChI=1S/C27H24FNO5/c1-2-32-27(31)25-21-14-20-22(29-13-3-4-23(20)30)15-24(21)34-26(25)16-5-9-18(10-6-16)33-19-11-7-17(28)8-12-19/h5-12,14-15,23,29-30H,2-4,13H2,1H3. The number of esters is 1. The van der Waals surface area contributed by atoms with E-state index in [0.717, 1.165) is 24.2 Å². The predicted molar refractivity (Wildman–Crippen MR) is 127 cm³/mol. The number of carbonyl (C=O) groups excluding carboxylic acids is 1. The Labute approximate surface area is 195 Å². The van der Waals surface area contributed by atoms with Crippen LogP contribution < -0.4 is 10.1 Å². The molecule has 1 unspecified atom stereocenters. The first kappa shape index (κ1) is 22.0. The van der Waals surface area contributed by atoms with Crippen LogP contribution in [0, 0.1) is 5.82 Å². The normalized spacial score (nSPS) is 15.3. The molecule has 5 rings (SSSR count). The van der Waals surface area contributed by atoms with Gasteiger partial charge in [0.25, 0.3) is 0 Å². The van der Waals surface area contributed by atoms with Gasteiger partial charge in [-0.3, -0.25) is 0 Å². The van der Waals surface area contributed by atoms with Crippen molar-refractivity contribution in [2.45, 2.75) is 25.9 Å². The molecule has 0 spiro atoms. The van der Waals surface area contributed by atoms with Gasteiger partial charge in [-0.1, -0.05) is 0 Å². The quantitative estimate of drug-likeness (QED) is 0.333. The summed E-state index contributed by atoms with van der Waals surface area (Å²) in [7, 11) is 0. The number of carbonyl (C=O) groups is 1. The molecule has 6 nitrogen and oxygen atoms in total. The second kappa shape index (κ2) is 9.19. The van der Waals surface area contributed by atoms with Crippen LogP contribution in [0.4, 0.5) is 10.1 Å². The minimum atomic E-state index is -0.620. The number of hydrogen-bond acceptors (Lipinski definition) is 6. The van der Waals surface area contributed by atoms with Crippen molar-refractivity contribution in [3.63, 3.8) is 0 Å². The minimum Gasteiger partial charge on any atom is -0.462 e. The molecular formula is C27H24FNO5. The monoisotopic (exact) mass is 461 g/mol. The summed E-state index contributed by atoms with van der Waals surface area (Å²) in [5, 5.41) is 14.5. The molecule has 0 aliphatic carbocycles. The first-order valence-electron chi connectivity index (χ1n) is 11.3. The Kier molecular flexibility index (Phi) is 5.94. The van der Waals surface area contributed by atoms with E-state index in [1.54, 1.807) is 43.3 Å². The van der Waals surface area contributed by atoms with E-state index in [4.69, 9.17) is 13.9 Å². The van der Waals surface area contributed by atoms with Crippen molar-refractivity contribution in [1.82, 2.24) is 0 Å². The predicted octanol–water partition coefficient (Wildman–Crippen LogP) is 6.45. The van der Waals surface area contributed by atoms with Gasteiger partial charge >= 0.3 is 5.97 Å². The zero-order valence-electron chi connectivity index (χ0n) is 18.6. The van der Waals surface area contributed by atoms with Gasteiger partial charge in [0.15, 0.2) is 0 Å². The molecule has 0 saturated heterocycles. The lowest BCUT2D eigenvalue weighted by molar-refractivity contribution is 0.0528. The molecule has 0 saturated carbocycles. The highest BCUT2D eigenvalue weighted by atomic mass is 19.1. The number of hydrogen-bond donors (Lipinski definition) is 2. The molecule has 1 aliphatic rings. The van der Waals surface area contributed by atoms with Gasteiger partial charge in [-0.05, 0) is 74.4 Å². The van der Waals surface area contributed by atoms with Gasteiger partial charge in [0.2, 0.25) is 0 Å². The van der Waals surface area contributed by atoms with Gasteiger partial charge in [-0.2, -0.15) is 0 Å². The number of aliphatic hydroxyl groups is 1. The molecule has 0 amide bonds. The molecule has 34 heavy (non-hydrogen) atoms. The molecule has 0 bridgehead atoms. The molecular weight excluding hydrogens is 437 g/mol. The van der Waals surface area contributed by atoms with Crippen LogP contribution in [0.3, 0.4) is 0 Å². The Balaban J connectivity index is 1.56. The summed E-state index contributed by atoms with van der Waals surface area (Å²) in [6, 6.07) is 16.5. The summed E-state index contributed by atoms with van der Waals surface area (Å²) >= 11 is 0. The first-order chi connectivity index (χ1) is 16.5. The fraction of sp³-hybridized carbons (Fsp3) is 0.222. The first-order valence-corrected chi connectivity index (χ1v) is 11.3. The zero-order valence-corrected chi connectivity index (χ0v) is 18.6. The number of benzene rings is 3. The van der Waals surface area contributed by atoms with Crippen LogP contribution in [0.25, 0.3) is 22.3 Å². The van der Waals surface area contributed by atoms with Crippen molar-refractivity contribution in [2.24, 2.45) is 0 Å². The molecule has 174 valence electrons. The van der Waals surface area contributed by atoms with Crippen LogP contribution in [-0.4, -0.2) is 24.2 Å². The Morgan fingerprint density at radius 2 is 1.82 bits per heavy atom. The third-order valence-electron chi connectivity index (χ3n) is 5.83. The molecule has 2 N–H and O–H groups in total. The van der Waals surface area contributed by atoms with E-state index in [2.05, 4.69) is 5.32 Å². The maximum Gasteiger partial charge on any atom is 0.342 e. The Morgan fingerprint density at radius 3 is 2.53 bits per heavy atom. The Bertz CT molecular complexity index is 1330. The van der Waals surface area contributed by atoms with Gasteiger partial charge in [0.05, 0.1) is 12.7 Å². The summed E-state index contributed by atoms with van der Waals surface area (Å²) in [6.07, 6.45) is 0.866. The number of furan rings is 1. The van der Waals surface area contributed by atoms with Crippen molar-refractivity contribution in [3.8, 4) is 22.8 Å². The number of aliphatic hydroxyl groups excluding tert-OH is 1. The topological polar surface area (TPSA) is 80.9 Å². The average molecular weight is 461 g/mol. The SMILES string of the molecule is CCOC(=O)c1c(-c2ccc(Oc3ccc(F)cc3)cc2)oc2cc3c(cc12)C(O)CCCN3. The van der Waals surface area contributed by atoms with Crippen LogP contribution in [0.1, 0.15) is 41.8 Å². The molecule has 0 radical (unpaired) electrons. The van der Waals surface area contributed by atoms with E-state index in [0.29, 0.717) is 45.8 Å². The van der Waals surface area contributed by atoms with Crippen LogP contribution in [-0.2, 0) is 4.74 Å². The maximum atomic E-state index is 13.1. The lowest BCUT2D eigenvalue weighted by Gasteiger charge is -2.12. The second-order valence-corrected chi connectivity index (χ2v) is 8.13. The molecule has 1 aromatic heterocycles. The lowest BCUT2D eigenvalue weighted by atomic mass is 9.99. The van der Waals surface area contributed by atoms with Gasteiger partial charge in [0, 0.05) is 34.8 Å². The van der Waals surface area contributed by atoms with Crippen molar-refractivity contribution in [1.29, 1.82) is 0 Å². The van der Waals surface area contributed by atoms with Gasteiger partial charge in [-0.15, -0.1) is 0 Å². The van der Waals surface area contributed by atoms with Crippen LogP contribution in [0.15, 0.2) is 65.1 Å². The molecule has 3 aromatic carbocycles. The number of rotatable bonds is 5. The number of anilines is 1. The number of ether oxygens (including phenoxy) is 2. The highest BCUT2D eigenvalue weighted by Gasteiger charge is 2.26. The number of halogens is 1. The fourth-order valence-electron chi connectivity index (χ4n) is 4.18. The number of fused-ring (bicyclic) bond motifs is 2. The lowest BCUT2D eigenvalue weighted by Crippen LogP contribution is -2.06. The second-order valence-electron chi connectivity index (χ2n) is 8.13. The summed E-state index contributed by atoms with van der Waals surface area (Å²) in [4.78, 5) is 13.0. The third kappa shape index (κ3) is 4.22. The van der Waals surface area contributed by atoms with Gasteiger partial charge in [0.1, 0.15) is 34.2 Å². The van der Waals surface area contributed by atoms with E-state index in [1.165, 1.54) is 12.1 Å². The summed E-state index contributed by atoms with van der Waals surface area (Å²) in [5.41, 5.74) is 3.07. The summed E-state index contributed by atoms with van der Waals surface area (Å²) < 4.78 is 30.4. The van der Waals surface area contributed by atoms with E-state index in [9.17, 15) is 14.3 Å². The van der Waals surface area contributed by atoms with Crippen LogP contribution in [0.5, 0.6) is 11.5 Å². The molecule has 0 fully saturated rings. The fourth-order valence-corrected chi connectivity index (χ4v) is 4.18. The van der Waals surface area contributed by atoms with E-state index >= 15 is 0 Å². The highest BCUT2D eigenvalue weighted by Crippen LogP contribution is 2.40. The van der Waals surface area contributed by atoms with E-state index < -0.39 is 12.1 Å². The van der Waals surface area contributed by atoms with Crippen molar-refractivity contribution >= 4 is 22.6 Å². The molecule has 1 aliphatic heterocycles. The average Bonchev–Trinajstić information content (AvgIpc) is 3.11. The Hall–Kier alpha value is -3.84. The van der Waals surface area contributed by atoms with Crippen molar-refractivity contribution < 1.29 is 28.2 Å². The highest BCUT2D eigenvalue weighted by molar-refractivity contribution is 6.09. The summed E-state index contributed by atoms with van der Waals surface area (Å²) in [6.45, 7) is 2.73.